The number of hydrogen-bond donors (Lipinski definition) is 4. The molecular formula is C2H8CoN6S2. The van der Waals surface area contributed by atoms with Crippen molar-refractivity contribution < 1.29 is 16.8 Å². The Bertz CT molecular complexity index is 103. The van der Waals surface area contributed by atoms with Crippen molar-refractivity contribution in [2.75, 3.05) is 0 Å². The Hall–Kier alpha value is -0.194. The maximum Gasteiger partial charge on any atom is 2.00 e. The van der Waals surface area contributed by atoms with Crippen molar-refractivity contribution in [3.63, 3.8) is 0 Å². The summed E-state index contributed by atoms with van der Waals surface area (Å²) in [5, 5.41) is 0.00926. The molecule has 0 heterocycles. The summed E-state index contributed by atoms with van der Waals surface area (Å²) in [7, 11) is 0. The van der Waals surface area contributed by atoms with Gasteiger partial charge >= 0.3 is 16.8 Å². The summed E-state index contributed by atoms with van der Waals surface area (Å²) < 4.78 is 0. The minimum atomic E-state index is 0. The van der Waals surface area contributed by atoms with Gasteiger partial charge in [-0.05, 0) is 24.4 Å². The molecule has 0 unspecified atom stereocenters. The van der Waals surface area contributed by atoms with Gasteiger partial charge in [0.25, 0.3) is 0 Å². The topological polar surface area (TPSA) is 124 Å². The van der Waals surface area contributed by atoms with Crippen molar-refractivity contribution in [1.82, 2.24) is 10.9 Å². The number of nitrogens with two attached hydrogens (primary N) is 2. The predicted octanol–water partition coefficient (Wildman–Crippen LogP) is -0.429. The minimum Gasteiger partial charge on any atom is -0.584 e. The molecule has 0 saturated heterocycles. The summed E-state index contributed by atoms with van der Waals surface area (Å²) >= 11 is 8.35. The van der Waals surface area contributed by atoms with Gasteiger partial charge in [0.05, 0.1) is 0 Å². The van der Waals surface area contributed by atoms with Crippen LogP contribution in [0.4, 0.5) is 0 Å². The second kappa shape index (κ2) is 12.5. The first kappa shape index (κ1) is 17.1. The maximum absolute atomic E-state index is 6.14. The Morgan fingerprint density at radius 2 is 1.09 bits per heavy atom. The fourth-order valence-corrected chi connectivity index (χ4v) is 0. The zero-order chi connectivity index (χ0) is 8.57. The summed E-state index contributed by atoms with van der Waals surface area (Å²) in [5.74, 6) is 12.3. The molecule has 0 aromatic heterocycles. The van der Waals surface area contributed by atoms with E-state index < -0.39 is 0 Å². The van der Waals surface area contributed by atoms with Crippen LogP contribution in [0.15, 0.2) is 0 Å². The third kappa shape index (κ3) is 41.2. The molecule has 0 aromatic rings. The largest absolute Gasteiger partial charge is 2.00 e. The second-order valence-corrected chi connectivity index (χ2v) is 1.86. The molecule has 8 N–H and O–H groups in total. The van der Waals surface area contributed by atoms with E-state index in [2.05, 4.69) is 24.4 Å². The zero-order valence-electron chi connectivity index (χ0n) is 5.30. The summed E-state index contributed by atoms with van der Waals surface area (Å²) in [6.07, 6.45) is 0. The van der Waals surface area contributed by atoms with Crippen LogP contribution in [0.3, 0.4) is 0 Å². The molecule has 0 atom stereocenters. The molecular weight excluding hydrogens is 231 g/mol. The molecule has 0 saturated carbocycles. The monoisotopic (exact) mass is 239 g/mol. The second-order valence-electron chi connectivity index (χ2n) is 0.979. The quantitative estimate of drug-likeness (QED) is 0.336. The summed E-state index contributed by atoms with van der Waals surface area (Å²) in [5.41, 5.74) is 13.0. The third-order valence-corrected chi connectivity index (χ3v) is 0.451. The van der Waals surface area contributed by atoms with Crippen LogP contribution in [0, 0.1) is 0 Å². The van der Waals surface area contributed by atoms with Crippen LogP contribution in [0.5, 0.6) is 0 Å². The maximum atomic E-state index is 6.14. The van der Waals surface area contributed by atoms with Crippen molar-refractivity contribution in [2.24, 2.45) is 11.5 Å². The zero-order valence-corrected chi connectivity index (χ0v) is 7.98. The van der Waals surface area contributed by atoms with E-state index in [1.54, 1.807) is 10.9 Å². The molecule has 0 amide bonds. The van der Waals surface area contributed by atoms with Crippen LogP contribution in [0.2, 0.25) is 0 Å². The first-order chi connectivity index (χ1) is 4.54. The predicted molar refractivity (Wildman–Crippen MR) is 48.5 cm³/mol. The van der Waals surface area contributed by atoms with E-state index >= 15 is 0 Å². The summed E-state index contributed by atoms with van der Waals surface area (Å²) in [4.78, 5) is 0. The van der Waals surface area contributed by atoms with Crippen molar-refractivity contribution in [1.29, 1.82) is 0 Å². The Balaban J connectivity index is -0.000000107. The van der Waals surface area contributed by atoms with Gasteiger partial charge in [0.2, 0.25) is 0 Å². The van der Waals surface area contributed by atoms with Gasteiger partial charge in [0, 0.05) is 0 Å². The molecule has 0 aliphatic carbocycles. The fourth-order valence-electron chi connectivity index (χ4n) is 0. The SMILES string of the molecule is [Co+2].[NH-]NC(N)=S.[NH-]NC(N)=S. The molecule has 6 nitrogen and oxygen atoms in total. The van der Waals surface area contributed by atoms with Gasteiger partial charge < -0.3 is 34.0 Å². The smallest absolute Gasteiger partial charge is 0.584 e. The first-order valence-corrected chi connectivity index (χ1v) is 2.80. The van der Waals surface area contributed by atoms with Gasteiger partial charge in [-0.3, -0.25) is 0 Å². The van der Waals surface area contributed by atoms with E-state index in [4.69, 9.17) is 23.2 Å². The molecule has 0 fully saturated rings. The normalized spacial score (nSPS) is 6.00. The number of rotatable bonds is 0. The van der Waals surface area contributed by atoms with Gasteiger partial charge in [-0.1, -0.05) is 0 Å². The Morgan fingerprint density at radius 1 is 1.00 bits per heavy atom. The van der Waals surface area contributed by atoms with E-state index in [1.807, 2.05) is 0 Å². The molecule has 0 aromatic carbocycles. The summed E-state index contributed by atoms with van der Waals surface area (Å²) in [6, 6.07) is 0. The van der Waals surface area contributed by atoms with Crippen LogP contribution < -0.4 is 22.3 Å². The molecule has 0 aliphatic heterocycles. The van der Waals surface area contributed by atoms with Crippen LogP contribution >= 0.6 is 24.4 Å². The van der Waals surface area contributed by atoms with Gasteiger partial charge in [0.15, 0.2) is 0 Å². The van der Waals surface area contributed by atoms with Crippen molar-refractivity contribution in [3.8, 4) is 0 Å². The van der Waals surface area contributed by atoms with Gasteiger partial charge in [-0.25, -0.2) is 0 Å². The molecule has 11 heavy (non-hydrogen) atoms. The third-order valence-electron chi connectivity index (χ3n) is 0.246. The molecule has 0 rings (SSSR count). The summed E-state index contributed by atoms with van der Waals surface area (Å²) in [6.45, 7) is 0. The first-order valence-electron chi connectivity index (χ1n) is 1.99. The van der Waals surface area contributed by atoms with Crippen LogP contribution in [-0.2, 0) is 16.8 Å². The Labute approximate surface area is 85.5 Å². The Kier molecular flexibility index (Phi) is 19.3. The van der Waals surface area contributed by atoms with E-state index in [1.165, 1.54) is 0 Å². The number of hydrogen-bond acceptors (Lipinski definition) is 2. The standard InChI is InChI=1S/2CH4N3S.Co/c2*2-1(5)4-3;/h2*3H,(H3,2,4,5);/q2*-1;+2. The van der Waals surface area contributed by atoms with Gasteiger partial charge in [-0.2, -0.15) is 0 Å². The molecule has 0 spiro atoms. The van der Waals surface area contributed by atoms with Gasteiger partial charge in [-0.15, -0.1) is 0 Å². The van der Waals surface area contributed by atoms with E-state index in [9.17, 15) is 0 Å². The molecule has 67 valence electrons. The molecule has 0 bridgehead atoms. The van der Waals surface area contributed by atoms with Crippen LogP contribution in [-0.4, -0.2) is 10.2 Å². The van der Waals surface area contributed by atoms with Crippen molar-refractivity contribution in [2.45, 2.75) is 0 Å². The van der Waals surface area contributed by atoms with Crippen molar-refractivity contribution >= 4 is 34.7 Å². The van der Waals surface area contributed by atoms with Crippen molar-refractivity contribution in [3.05, 3.63) is 11.7 Å². The van der Waals surface area contributed by atoms with E-state index in [-0.39, 0.29) is 27.0 Å². The minimum absolute atomic E-state index is 0. The molecule has 1 radical (unpaired) electrons. The number of thiocarbonyl (C=S) groups is 2. The van der Waals surface area contributed by atoms with E-state index in [0.29, 0.717) is 0 Å². The van der Waals surface area contributed by atoms with Crippen LogP contribution in [0.25, 0.3) is 11.7 Å². The molecule has 0 aliphatic rings. The average molecular weight is 239 g/mol. The van der Waals surface area contributed by atoms with Crippen LogP contribution in [0.1, 0.15) is 0 Å². The average Bonchev–Trinajstić information content (AvgIpc) is 1.89. The Morgan fingerprint density at radius 3 is 1.09 bits per heavy atom. The number of nitrogens with one attached hydrogen (secondary N) is 4. The fraction of sp³-hybridized carbons (Fsp3) is 0. The van der Waals surface area contributed by atoms with E-state index in [0.717, 1.165) is 0 Å². The van der Waals surface area contributed by atoms with Gasteiger partial charge in [0.1, 0.15) is 10.2 Å². The molecule has 9 heteroatoms.